The molecule has 0 atom stereocenters. The number of hydrogen-bond acceptors (Lipinski definition) is 6. The van der Waals surface area contributed by atoms with Gasteiger partial charge in [-0.05, 0) is 44.7 Å². The molecule has 0 unspecified atom stereocenters. The van der Waals surface area contributed by atoms with Crippen LogP contribution in [0, 0.1) is 6.92 Å². The third kappa shape index (κ3) is 3.31. The molecule has 4 heterocycles. The summed E-state index contributed by atoms with van der Waals surface area (Å²) in [7, 11) is 0. The molecule has 140 valence electrons. The van der Waals surface area contributed by atoms with Gasteiger partial charge in [0.2, 0.25) is 0 Å². The monoisotopic (exact) mass is 364 g/mol. The minimum Gasteiger partial charge on any atom is -0.371 e. The molecule has 2 aliphatic rings. The molecule has 1 aliphatic heterocycles. The summed E-state index contributed by atoms with van der Waals surface area (Å²) < 4.78 is 4.21. The van der Waals surface area contributed by atoms with Crippen LogP contribution in [0.25, 0.3) is 0 Å². The first-order valence-corrected chi connectivity index (χ1v) is 9.71. The number of aromatic nitrogens is 7. The second kappa shape index (κ2) is 6.75. The lowest BCUT2D eigenvalue weighted by Gasteiger charge is -2.33. The summed E-state index contributed by atoms with van der Waals surface area (Å²) in [6.07, 6.45) is 9.87. The molecular weight excluding hydrogens is 340 g/mol. The minimum atomic E-state index is 0.474. The van der Waals surface area contributed by atoms with Crippen molar-refractivity contribution in [3.05, 3.63) is 48.3 Å². The Balaban J connectivity index is 1.33. The Kier molecular flexibility index (Phi) is 4.10. The molecule has 8 nitrogen and oxygen atoms in total. The number of anilines is 1. The van der Waals surface area contributed by atoms with Crippen molar-refractivity contribution in [1.29, 1.82) is 0 Å². The predicted molar refractivity (Wildman–Crippen MR) is 101 cm³/mol. The predicted octanol–water partition coefficient (Wildman–Crippen LogP) is 2.34. The van der Waals surface area contributed by atoms with Crippen molar-refractivity contribution in [1.82, 2.24) is 34.5 Å². The van der Waals surface area contributed by atoms with Crippen LogP contribution in [-0.2, 0) is 6.54 Å². The highest BCUT2D eigenvalue weighted by Crippen LogP contribution is 2.40. The van der Waals surface area contributed by atoms with Crippen molar-refractivity contribution in [2.45, 2.75) is 51.1 Å². The molecule has 0 radical (unpaired) electrons. The zero-order valence-electron chi connectivity index (χ0n) is 15.6. The van der Waals surface area contributed by atoms with Crippen LogP contribution in [0.1, 0.15) is 55.0 Å². The van der Waals surface area contributed by atoms with Crippen molar-refractivity contribution in [2.75, 3.05) is 18.0 Å². The molecule has 3 aromatic heterocycles. The molecule has 0 amide bonds. The second-order valence-electron chi connectivity index (χ2n) is 7.59. The normalized spacial score (nSPS) is 18.2. The van der Waals surface area contributed by atoms with E-state index in [1.807, 2.05) is 17.8 Å². The first kappa shape index (κ1) is 16.4. The molecule has 0 N–H and O–H groups in total. The maximum atomic E-state index is 4.62. The molecule has 27 heavy (non-hydrogen) atoms. The van der Waals surface area contributed by atoms with Crippen LogP contribution in [0.15, 0.2) is 31.0 Å². The largest absolute Gasteiger partial charge is 0.371 e. The highest BCUT2D eigenvalue weighted by molar-refractivity contribution is 5.46. The lowest BCUT2D eigenvalue weighted by Crippen LogP contribution is -2.33. The van der Waals surface area contributed by atoms with Crippen molar-refractivity contribution < 1.29 is 0 Å². The van der Waals surface area contributed by atoms with Crippen molar-refractivity contribution >= 4 is 5.69 Å². The standard InChI is InChI=1S/C19H24N8/c1-14-10-17(4-7-21-14)25-8-5-15(6-9-25)19-24-23-18(27(19)16-2-3-16)11-26-13-20-12-22-26/h4,7,10,12-13,15-16H,2-3,5-6,8-9,11H2,1H3. The van der Waals surface area contributed by atoms with Gasteiger partial charge in [-0.25, -0.2) is 9.67 Å². The Labute approximate surface area is 158 Å². The average Bonchev–Trinajstić information content (AvgIpc) is 3.23. The number of rotatable bonds is 5. The fourth-order valence-electron chi connectivity index (χ4n) is 4.04. The van der Waals surface area contributed by atoms with E-state index < -0.39 is 0 Å². The van der Waals surface area contributed by atoms with E-state index in [-0.39, 0.29) is 0 Å². The highest BCUT2D eigenvalue weighted by atomic mass is 15.4. The maximum absolute atomic E-state index is 4.62. The maximum Gasteiger partial charge on any atom is 0.155 e. The van der Waals surface area contributed by atoms with Gasteiger partial charge in [0, 0.05) is 42.6 Å². The van der Waals surface area contributed by atoms with Gasteiger partial charge in [-0.15, -0.1) is 10.2 Å². The lowest BCUT2D eigenvalue weighted by molar-refractivity contribution is 0.460. The van der Waals surface area contributed by atoms with Crippen LogP contribution < -0.4 is 4.90 Å². The van der Waals surface area contributed by atoms with E-state index in [4.69, 9.17) is 0 Å². The summed E-state index contributed by atoms with van der Waals surface area (Å²) in [6.45, 7) is 4.78. The van der Waals surface area contributed by atoms with Crippen LogP contribution in [0.4, 0.5) is 5.69 Å². The van der Waals surface area contributed by atoms with Crippen LogP contribution >= 0.6 is 0 Å². The van der Waals surface area contributed by atoms with Gasteiger partial charge < -0.3 is 9.47 Å². The Morgan fingerprint density at radius 3 is 2.67 bits per heavy atom. The SMILES string of the molecule is Cc1cc(N2CCC(c3nnc(Cn4cncn4)n3C3CC3)CC2)ccn1. The highest BCUT2D eigenvalue weighted by Gasteiger charge is 2.33. The third-order valence-electron chi connectivity index (χ3n) is 5.58. The van der Waals surface area contributed by atoms with E-state index in [1.165, 1.54) is 18.5 Å². The Morgan fingerprint density at radius 1 is 1.11 bits per heavy atom. The zero-order valence-corrected chi connectivity index (χ0v) is 15.6. The summed E-state index contributed by atoms with van der Waals surface area (Å²) in [5.41, 5.74) is 2.34. The average molecular weight is 364 g/mol. The fraction of sp³-hybridized carbons (Fsp3) is 0.526. The van der Waals surface area contributed by atoms with Gasteiger partial charge in [0.25, 0.3) is 0 Å². The number of nitrogens with zero attached hydrogens (tertiary/aromatic N) is 8. The van der Waals surface area contributed by atoms with Gasteiger partial charge in [0.15, 0.2) is 5.82 Å². The molecule has 0 aromatic carbocycles. The molecule has 1 aliphatic carbocycles. The number of hydrogen-bond donors (Lipinski definition) is 0. The Bertz CT molecular complexity index is 904. The van der Waals surface area contributed by atoms with E-state index in [0.717, 1.165) is 43.3 Å². The van der Waals surface area contributed by atoms with E-state index in [2.05, 4.69) is 46.9 Å². The van der Waals surface area contributed by atoms with Crippen LogP contribution in [0.3, 0.4) is 0 Å². The van der Waals surface area contributed by atoms with Gasteiger partial charge in [-0.1, -0.05) is 0 Å². The number of aryl methyl sites for hydroxylation is 1. The molecule has 2 fully saturated rings. The lowest BCUT2D eigenvalue weighted by atomic mass is 9.95. The smallest absolute Gasteiger partial charge is 0.155 e. The molecule has 0 spiro atoms. The fourth-order valence-corrected chi connectivity index (χ4v) is 4.04. The molecule has 5 rings (SSSR count). The van der Waals surface area contributed by atoms with Gasteiger partial charge in [-0.2, -0.15) is 5.10 Å². The van der Waals surface area contributed by atoms with Gasteiger partial charge >= 0.3 is 0 Å². The van der Waals surface area contributed by atoms with E-state index >= 15 is 0 Å². The molecule has 3 aromatic rings. The summed E-state index contributed by atoms with van der Waals surface area (Å²) in [5, 5.41) is 13.4. The molecule has 1 saturated carbocycles. The number of piperidine rings is 1. The summed E-state index contributed by atoms with van der Waals surface area (Å²) >= 11 is 0. The molecule has 0 bridgehead atoms. The van der Waals surface area contributed by atoms with E-state index in [1.54, 1.807) is 12.7 Å². The second-order valence-corrected chi connectivity index (χ2v) is 7.59. The molecular formula is C19H24N8. The summed E-state index contributed by atoms with van der Waals surface area (Å²) in [6, 6.07) is 4.84. The molecule has 8 heteroatoms. The van der Waals surface area contributed by atoms with Crippen LogP contribution in [0.2, 0.25) is 0 Å². The zero-order chi connectivity index (χ0) is 18.2. The van der Waals surface area contributed by atoms with Crippen molar-refractivity contribution in [3.63, 3.8) is 0 Å². The minimum absolute atomic E-state index is 0.474. The van der Waals surface area contributed by atoms with Gasteiger partial charge in [0.05, 0.1) is 0 Å². The van der Waals surface area contributed by atoms with Gasteiger partial charge in [-0.3, -0.25) is 4.98 Å². The van der Waals surface area contributed by atoms with Crippen LogP contribution in [0.5, 0.6) is 0 Å². The van der Waals surface area contributed by atoms with Crippen LogP contribution in [-0.4, -0.2) is 47.6 Å². The number of pyridine rings is 1. The topological polar surface area (TPSA) is 77.5 Å². The first-order chi connectivity index (χ1) is 13.3. The summed E-state index contributed by atoms with van der Waals surface area (Å²) in [5.74, 6) is 2.64. The Hall–Kier alpha value is -2.77. The molecule has 1 saturated heterocycles. The first-order valence-electron chi connectivity index (χ1n) is 9.71. The quantitative estimate of drug-likeness (QED) is 0.691. The summed E-state index contributed by atoms with van der Waals surface area (Å²) in [4.78, 5) is 10.8. The van der Waals surface area contributed by atoms with Crippen molar-refractivity contribution in [2.24, 2.45) is 0 Å². The Morgan fingerprint density at radius 2 is 1.96 bits per heavy atom. The van der Waals surface area contributed by atoms with E-state index in [0.29, 0.717) is 18.5 Å². The van der Waals surface area contributed by atoms with Gasteiger partial charge in [0.1, 0.15) is 25.0 Å². The van der Waals surface area contributed by atoms with Crippen molar-refractivity contribution in [3.8, 4) is 0 Å². The third-order valence-corrected chi connectivity index (χ3v) is 5.58. The van der Waals surface area contributed by atoms with E-state index in [9.17, 15) is 0 Å².